The molecule has 20 heavy (non-hydrogen) atoms. The highest BCUT2D eigenvalue weighted by Gasteiger charge is 2.32. The third-order valence-electron chi connectivity index (χ3n) is 3.46. The van der Waals surface area contributed by atoms with Crippen LogP contribution in [0.15, 0.2) is 30.3 Å². The first kappa shape index (κ1) is 15.0. The van der Waals surface area contributed by atoms with E-state index >= 15 is 0 Å². The molecule has 2 rings (SSSR count). The molecule has 1 aromatic rings. The zero-order valence-corrected chi connectivity index (χ0v) is 12.4. The largest absolute Gasteiger partial charge is 0.355 e. The number of hydrogen-bond donors (Lipinski definition) is 1. The van der Waals surface area contributed by atoms with Crippen LogP contribution >= 0.6 is 0 Å². The highest BCUT2D eigenvalue weighted by atomic mass is 32.2. The summed E-state index contributed by atoms with van der Waals surface area (Å²) in [5.74, 6) is 0.170. The molecule has 0 bridgehead atoms. The zero-order valence-electron chi connectivity index (χ0n) is 11.6. The Bertz CT molecular complexity index is 543. The lowest BCUT2D eigenvalue weighted by atomic mass is 10.0. The molecule has 0 aliphatic carbocycles. The minimum Gasteiger partial charge on any atom is -0.355 e. The van der Waals surface area contributed by atoms with Crippen LogP contribution in [0.2, 0.25) is 0 Å². The van der Waals surface area contributed by atoms with Gasteiger partial charge < -0.3 is 5.32 Å². The second kappa shape index (κ2) is 6.37. The van der Waals surface area contributed by atoms with Crippen molar-refractivity contribution in [3.8, 4) is 0 Å². The third kappa shape index (κ3) is 3.58. The summed E-state index contributed by atoms with van der Waals surface area (Å²) in [4.78, 5) is 14.2. The van der Waals surface area contributed by atoms with Gasteiger partial charge in [-0.2, -0.15) is 0 Å². The van der Waals surface area contributed by atoms with Gasteiger partial charge in [-0.1, -0.05) is 30.3 Å². The smallest absolute Gasteiger partial charge is 0.241 e. The van der Waals surface area contributed by atoms with E-state index in [4.69, 9.17) is 0 Å². The van der Waals surface area contributed by atoms with Crippen molar-refractivity contribution < 1.29 is 13.2 Å². The molecule has 0 aromatic heterocycles. The first-order chi connectivity index (χ1) is 9.53. The summed E-state index contributed by atoms with van der Waals surface area (Å²) in [6, 6.07) is 9.08. The first-order valence-electron chi connectivity index (χ1n) is 6.80. The molecule has 0 radical (unpaired) electrons. The van der Waals surface area contributed by atoms with Crippen LogP contribution in [0.25, 0.3) is 0 Å². The fourth-order valence-corrected chi connectivity index (χ4v) is 3.65. The van der Waals surface area contributed by atoms with Crippen molar-refractivity contribution in [1.29, 1.82) is 0 Å². The highest BCUT2D eigenvalue weighted by Crippen LogP contribution is 2.23. The quantitative estimate of drug-likeness (QED) is 0.883. The SMILES string of the molecule is CCNC(=O)C(c1ccccc1)N1CCS(=O)(=O)CC1. The van der Waals surface area contributed by atoms with Gasteiger partial charge in [-0.05, 0) is 12.5 Å². The van der Waals surface area contributed by atoms with Gasteiger partial charge in [0.25, 0.3) is 0 Å². The first-order valence-corrected chi connectivity index (χ1v) is 8.63. The van der Waals surface area contributed by atoms with Gasteiger partial charge in [-0.3, -0.25) is 9.69 Å². The number of carbonyl (C=O) groups is 1. The summed E-state index contributed by atoms with van der Waals surface area (Å²) in [6.07, 6.45) is 0. The molecule has 0 spiro atoms. The number of amides is 1. The van der Waals surface area contributed by atoms with E-state index in [0.29, 0.717) is 19.6 Å². The van der Waals surface area contributed by atoms with E-state index in [1.54, 1.807) is 0 Å². The topological polar surface area (TPSA) is 66.5 Å². The summed E-state index contributed by atoms with van der Waals surface area (Å²) in [5.41, 5.74) is 0.901. The summed E-state index contributed by atoms with van der Waals surface area (Å²) in [7, 11) is -2.94. The van der Waals surface area contributed by atoms with Gasteiger partial charge >= 0.3 is 0 Å². The molecule has 1 atom stereocenters. The van der Waals surface area contributed by atoms with E-state index in [1.165, 1.54) is 0 Å². The Hall–Kier alpha value is -1.40. The van der Waals surface area contributed by atoms with Gasteiger partial charge in [0, 0.05) is 19.6 Å². The molecular formula is C14H20N2O3S. The van der Waals surface area contributed by atoms with Crippen LogP contribution < -0.4 is 5.32 Å². The number of hydrogen-bond acceptors (Lipinski definition) is 4. The Labute approximate surface area is 119 Å². The second-order valence-corrected chi connectivity index (χ2v) is 7.20. The Morgan fingerprint density at radius 3 is 2.40 bits per heavy atom. The molecule has 110 valence electrons. The summed E-state index contributed by atoms with van der Waals surface area (Å²) in [5, 5.41) is 2.83. The molecule has 0 saturated carbocycles. The highest BCUT2D eigenvalue weighted by molar-refractivity contribution is 7.91. The lowest BCUT2D eigenvalue weighted by molar-refractivity contribution is -0.126. The van der Waals surface area contributed by atoms with E-state index < -0.39 is 15.9 Å². The fraction of sp³-hybridized carbons (Fsp3) is 0.500. The van der Waals surface area contributed by atoms with Crippen LogP contribution in [0.1, 0.15) is 18.5 Å². The zero-order chi connectivity index (χ0) is 14.6. The van der Waals surface area contributed by atoms with Crippen LogP contribution in [0.5, 0.6) is 0 Å². The van der Waals surface area contributed by atoms with Crippen molar-refractivity contribution in [3.05, 3.63) is 35.9 Å². The van der Waals surface area contributed by atoms with E-state index in [1.807, 2.05) is 42.2 Å². The minimum atomic E-state index is -2.94. The number of rotatable bonds is 4. The maximum absolute atomic E-state index is 12.3. The van der Waals surface area contributed by atoms with Crippen LogP contribution in [0.3, 0.4) is 0 Å². The third-order valence-corrected chi connectivity index (χ3v) is 5.07. The van der Waals surface area contributed by atoms with Gasteiger partial charge in [0.15, 0.2) is 9.84 Å². The van der Waals surface area contributed by atoms with E-state index in [9.17, 15) is 13.2 Å². The lowest BCUT2D eigenvalue weighted by Gasteiger charge is -2.33. The van der Waals surface area contributed by atoms with Crippen LogP contribution in [-0.4, -0.2) is 50.4 Å². The molecule has 6 heteroatoms. The van der Waals surface area contributed by atoms with Crippen LogP contribution in [0, 0.1) is 0 Å². The number of carbonyl (C=O) groups excluding carboxylic acids is 1. The number of nitrogens with one attached hydrogen (secondary N) is 1. The van der Waals surface area contributed by atoms with Crippen molar-refractivity contribution in [2.24, 2.45) is 0 Å². The van der Waals surface area contributed by atoms with Gasteiger partial charge in [0.1, 0.15) is 6.04 Å². The lowest BCUT2D eigenvalue weighted by Crippen LogP contribution is -2.47. The van der Waals surface area contributed by atoms with Gasteiger partial charge in [0.05, 0.1) is 11.5 Å². The Morgan fingerprint density at radius 1 is 1.25 bits per heavy atom. The van der Waals surface area contributed by atoms with Gasteiger partial charge in [-0.25, -0.2) is 8.42 Å². The van der Waals surface area contributed by atoms with Crippen LogP contribution in [0.4, 0.5) is 0 Å². The number of benzene rings is 1. The molecule has 1 fully saturated rings. The maximum atomic E-state index is 12.3. The Balaban J connectivity index is 2.22. The van der Waals surface area contributed by atoms with Crippen LogP contribution in [-0.2, 0) is 14.6 Å². The standard InChI is InChI=1S/C14H20N2O3S/c1-2-15-14(17)13(12-6-4-3-5-7-12)16-8-10-20(18,19)11-9-16/h3-7,13H,2,8-11H2,1H3,(H,15,17). The number of sulfone groups is 1. The van der Waals surface area contributed by atoms with E-state index in [0.717, 1.165) is 5.56 Å². The molecule has 1 saturated heterocycles. The monoisotopic (exact) mass is 296 g/mol. The van der Waals surface area contributed by atoms with Crippen molar-refractivity contribution >= 4 is 15.7 Å². The van der Waals surface area contributed by atoms with Crippen molar-refractivity contribution in [2.75, 3.05) is 31.1 Å². The summed E-state index contributed by atoms with van der Waals surface area (Å²) >= 11 is 0. The molecular weight excluding hydrogens is 276 g/mol. The van der Waals surface area contributed by atoms with Crippen molar-refractivity contribution in [2.45, 2.75) is 13.0 Å². The molecule has 1 heterocycles. The van der Waals surface area contributed by atoms with Gasteiger partial charge in [-0.15, -0.1) is 0 Å². The van der Waals surface area contributed by atoms with Crippen molar-refractivity contribution in [3.63, 3.8) is 0 Å². The molecule has 1 amide bonds. The van der Waals surface area contributed by atoms with E-state index in [2.05, 4.69) is 5.32 Å². The normalized spacial score (nSPS) is 20.2. The summed E-state index contributed by atoms with van der Waals surface area (Å²) < 4.78 is 23.0. The molecule has 1 aliphatic heterocycles. The minimum absolute atomic E-state index is 0.0713. The number of likely N-dealkylation sites (N-methyl/N-ethyl adjacent to an activating group) is 1. The van der Waals surface area contributed by atoms with Gasteiger partial charge in [0.2, 0.25) is 5.91 Å². The predicted octanol–water partition coefficient (Wildman–Crippen LogP) is 0.594. The fourth-order valence-electron chi connectivity index (χ4n) is 2.42. The second-order valence-electron chi connectivity index (χ2n) is 4.90. The molecule has 1 aliphatic rings. The maximum Gasteiger partial charge on any atom is 0.241 e. The molecule has 5 nitrogen and oxygen atoms in total. The van der Waals surface area contributed by atoms with E-state index in [-0.39, 0.29) is 17.4 Å². The Morgan fingerprint density at radius 2 is 1.85 bits per heavy atom. The Kier molecular flexibility index (Phi) is 4.77. The average Bonchev–Trinajstić information content (AvgIpc) is 2.42. The molecule has 1 aromatic carbocycles. The molecule has 1 N–H and O–H groups in total. The summed E-state index contributed by atoms with van der Waals surface area (Å²) in [6.45, 7) is 3.24. The average molecular weight is 296 g/mol. The van der Waals surface area contributed by atoms with Crippen molar-refractivity contribution in [1.82, 2.24) is 10.2 Å². The number of nitrogens with zero attached hydrogens (tertiary/aromatic N) is 1. The predicted molar refractivity (Wildman–Crippen MR) is 78.1 cm³/mol. The molecule has 1 unspecified atom stereocenters.